The minimum atomic E-state index is -0.303. The average molecular weight is 305 g/mol. The Morgan fingerprint density at radius 3 is 2.86 bits per heavy atom. The van der Waals surface area contributed by atoms with Gasteiger partial charge < -0.3 is 15.1 Å². The summed E-state index contributed by atoms with van der Waals surface area (Å²) in [4.78, 5) is 27.3. The number of thiazole rings is 1. The highest BCUT2D eigenvalue weighted by molar-refractivity contribution is 7.09. The van der Waals surface area contributed by atoms with E-state index in [-0.39, 0.29) is 17.6 Å². The minimum absolute atomic E-state index is 0.229. The molecule has 2 N–H and O–H groups in total. The van der Waals surface area contributed by atoms with Crippen LogP contribution in [-0.2, 0) is 4.79 Å². The summed E-state index contributed by atoms with van der Waals surface area (Å²) in [6.07, 6.45) is 4.50. The molecule has 0 saturated carbocycles. The van der Waals surface area contributed by atoms with Crippen LogP contribution in [0.4, 0.5) is 0 Å². The maximum atomic E-state index is 11.5. The Morgan fingerprint density at radius 1 is 1.38 bits per heavy atom. The molecular formula is C14H15N3O3S. The molecule has 110 valence electrons. The lowest BCUT2D eigenvalue weighted by Crippen LogP contribution is -2.33. The van der Waals surface area contributed by atoms with E-state index in [0.29, 0.717) is 13.1 Å². The van der Waals surface area contributed by atoms with Gasteiger partial charge in [-0.25, -0.2) is 4.98 Å². The number of amides is 2. The van der Waals surface area contributed by atoms with E-state index in [1.807, 2.05) is 12.3 Å². The van der Waals surface area contributed by atoms with E-state index in [1.165, 1.54) is 23.7 Å². The Balaban J connectivity index is 1.65. The maximum absolute atomic E-state index is 11.5. The van der Waals surface area contributed by atoms with Crippen molar-refractivity contribution >= 4 is 29.2 Å². The SMILES string of the molecule is Cc1nc(/C=C/C(=O)NCCNC(=O)c2ccco2)cs1. The summed E-state index contributed by atoms with van der Waals surface area (Å²) in [5, 5.41) is 8.13. The van der Waals surface area contributed by atoms with Crippen molar-refractivity contribution < 1.29 is 14.0 Å². The lowest BCUT2D eigenvalue weighted by molar-refractivity contribution is -0.116. The molecule has 0 aromatic carbocycles. The van der Waals surface area contributed by atoms with Crippen molar-refractivity contribution in [3.05, 3.63) is 46.3 Å². The van der Waals surface area contributed by atoms with E-state index in [1.54, 1.807) is 18.2 Å². The second-order valence-corrected chi connectivity index (χ2v) is 5.21. The summed E-state index contributed by atoms with van der Waals surface area (Å²) < 4.78 is 4.95. The second-order valence-electron chi connectivity index (χ2n) is 4.15. The molecular weight excluding hydrogens is 290 g/mol. The van der Waals surface area contributed by atoms with Crippen LogP contribution in [-0.4, -0.2) is 29.9 Å². The molecule has 0 saturated heterocycles. The van der Waals surface area contributed by atoms with E-state index in [9.17, 15) is 9.59 Å². The summed E-state index contributed by atoms with van der Waals surface area (Å²) in [6.45, 7) is 2.57. The van der Waals surface area contributed by atoms with Gasteiger partial charge in [0.05, 0.1) is 17.0 Å². The predicted octanol–water partition coefficient (Wildman–Crippen LogP) is 1.60. The van der Waals surface area contributed by atoms with Gasteiger partial charge in [0, 0.05) is 24.5 Å². The third-order valence-corrected chi connectivity index (χ3v) is 3.29. The molecule has 21 heavy (non-hydrogen) atoms. The fraction of sp³-hybridized carbons (Fsp3) is 0.214. The van der Waals surface area contributed by atoms with Gasteiger partial charge in [-0.3, -0.25) is 9.59 Å². The molecule has 0 bridgehead atoms. The van der Waals surface area contributed by atoms with Gasteiger partial charge in [-0.1, -0.05) is 0 Å². The number of furan rings is 1. The van der Waals surface area contributed by atoms with Gasteiger partial charge in [-0.2, -0.15) is 0 Å². The highest BCUT2D eigenvalue weighted by Crippen LogP contribution is 2.08. The van der Waals surface area contributed by atoms with E-state index >= 15 is 0 Å². The van der Waals surface area contributed by atoms with Crippen LogP contribution in [0.2, 0.25) is 0 Å². The Labute approximate surface area is 125 Å². The van der Waals surface area contributed by atoms with Crippen molar-refractivity contribution in [3.8, 4) is 0 Å². The number of aryl methyl sites for hydroxylation is 1. The smallest absolute Gasteiger partial charge is 0.287 e. The molecule has 7 heteroatoms. The van der Waals surface area contributed by atoms with Crippen LogP contribution in [0.1, 0.15) is 21.3 Å². The van der Waals surface area contributed by atoms with E-state index in [0.717, 1.165) is 10.7 Å². The molecule has 0 radical (unpaired) electrons. The van der Waals surface area contributed by atoms with Gasteiger partial charge in [0.15, 0.2) is 5.76 Å². The van der Waals surface area contributed by atoms with Gasteiger partial charge in [0.1, 0.15) is 0 Å². The molecule has 2 amide bonds. The molecule has 2 heterocycles. The Hall–Kier alpha value is -2.41. The number of rotatable bonds is 6. The first kappa shape index (κ1) is 15.0. The lowest BCUT2D eigenvalue weighted by Gasteiger charge is -2.03. The molecule has 2 aromatic heterocycles. The van der Waals surface area contributed by atoms with Crippen LogP contribution in [0.15, 0.2) is 34.3 Å². The first-order chi connectivity index (χ1) is 10.1. The fourth-order valence-electron chi connectivity index (χ4n) is 1.53. The monoisotopic (exact) mass is 305 g/mol. The van der Waals surface area contributed by atoms with Crippen molar-refractivity contribution in [3.63, 3.8) is 0 Å². The van der Waals surface area contributed by atoms with Crippen LogP contribution < -0.4 is 10.6 Å². The van der Waals surface area contributed by atoms with Crippen molar-refractivity contribution in [2.75, 3.05) is 13.1 Å². The Bertz CT molecular complexity index is 632. The third kappa shape index (κ3) is 4.88. The number of carbonyl (C=O) groups is 2. The van der Waals surface area contributed by atoms with Crippen LogP contribution in [0.5, 0.6) is 0 Å². The number of aromatic nitrogens is 1. The maximum Gasteiger partial charge on any atom is 0.287 e. The predicted molar refractivity (Wildman–Crippen MR) is 79.9 cm³/mol. The van der Waals surface area contributed by atoms with Gasteiger partial charge in [0.25, 0.3) is 5.91 Å². The first-order valence-electron chi connectivity index (χ1n) is 6.35. The Morgan fingerprint density at radius 2 is 2.19 bits per heavy atom. The van der Waals surface area contributed by atoms with E-state index in [4.69, 9.17) is 4.42 Å². The standard InChI is InChI=1S/C14H15N3O3S/c1-10-17-11(9-21-10)4-5-13(18)15-6-7-16-14(19)12-3-2-8-20-12/h2-5,8-9H,6-7H2,1H3,(H,15,18)(H,16,19)/b5-4+. The van der Waals surface area contributed by atoms with Crippen molar-refractivity contribution in [2.24, 2.45) is 0 Å². The molecule has 0 spiro atoms. The zero-order chi connectivity index (χ0) is 15.1. The third-order valence-electron chi connectivity index (χ3n) is 2.50. The van der Waals surface area contributed by atoms with Crippen molar-refractivity contribution in [1.29, 1.82) is 0 Å². The number of carbonyl (C=O) groups excluding carboxylic acids is 2. The molecule has 6 nitrogen and oxygen atoms in total. The molecule has 2 aromatic rings. The van der Waals surface area contributed by atoms with Crippen LogP contribution >= 0.6 is 11.3 Å². The summed E-state index contributed by atoms with van der Waals surface area (Å²) in [5.74, 6) is -0.282. The van der Waals surface area contributed by atoms with E-state index in [2.05, 4.69) is 15.6 Å². The molecule has 0 fully saturated rings. The highest BCUT2D eigenvalue weighted by Gasteiger charge is 2.06. The Kier molecular flexibility index (Phi) is 5.28. The normalized spacial score (nSPS) is 10.7. The zero-order valence-corrected chi connectivity index (χ0v) is 12.3. The molecule has 2 rings (SSSR count). The summed E-state index contributed by atoms with van der Waals surface area (Å²) >= 11 is 1.53. The second kappa shape index (κ2) is 7.39. The van der Waals surface area contributed by atoms with Gasteiger partial charge in [0.2, 0.25) is 5.91 Å². The molecule has 0 aliphatic heterocycles. The van der Waals surface area contributed by atoms with Gasteiger partial charge in [-0.05, 0) is 25.1 Å². The molecule has 0 aliphatic carbocycles. The van der Waals surface area contributed by atoms with Crippen molar-refractivity contribution in [1.82, 2.24) is 15.6 Å². The average Bonchev–Trinajstić information content (AvgIpc) is 3.12. The topological polar surface area (TPSA) is 84.2 Å². The number of hydrogen-bond acceptors (Lipinski definition) is 5. The number of nitrogens with one attached hydrogen (secondary N) is 2. The lowest BCUT2D eigenvalue weighted by atomic mass is 10.4. The van der Waals surface area contributed by atoms with Gasteiger partial charge >= 0.3 is 0 Å². The summed E-state index contributed by atoms with van der Waals surface area (Å²) in [6, 6.07) is 3.22. The summed E-state index contributed by atoms with van der Waals surface area (Å²) in [7, 11) is 0. The quantitative estimate of drug-likeness (QED) is 0.627. The number of hydrogen-bond donors (Lipinski definition) is 2. The fourth-order valence-corrected chi connectivity index (χ4v) is 2.11. The van der Waals surface area contributed by atoms with Gasteiger partial charge in [-0.15, -0.1) is 11.3 Å². The molecule has 0 aliphatic rings. The van der Waals surface area contributed by atoms with Crippen LogP contribution in [0.3, 0.4) is 0 Å². The minimum Gasteiger partial charge on any atom is -0.459 e. The van der Waals surface area contributed by atoms with Crippen LogP contribution in [0, 0.1) is 6.92 Å². The summed E-state index contributed by atoms with van der Waals surface area (Å²) in [5.41, 5.74) is 0.763. The zero-order valence-electron chi connectivity index (χ0n) is 11.5. The molecule has 0 unspecified atom stereocenters. The van der Waals surface area contributed by atoms with Crippen molar-refractivity contribution in [2.45, 2.75) is 6.92 Å². The van der Waals surface area contributed by atoms with E-state index < -0.39 is 0 Å². The largest absolute Gasteiger partial charge is 0.459 e. The first-order valence-corrected chi connectivity index (χ1v) is 7.23. The van der Waals surface area contributed by atoms with Crippen LogP contribution in [0.25, 0.3) is 6.08 Å². The highest BCUT2D eigenvalue weighted by atomic mass is 32.1. The number of nitrogens with zero attached hydrogens (tertiary/aromatic N) is 1. The molecule has 0 atom stereocenters.